The Morgan fingerprint density at radius 3 is 2.47 bits per heavy atom. The van der Waals surface area contributed by atoms with Crippen LogP contribution in [0.15, 0.2) is 71.6 Å². The van der Waals surface area contributed by atoms with Crippen molar-refractivity contribution in [2.24, 2.45) is 0 Å². The molecule has 1 fully saturated rings. The summed E-state index contributed by atoms with van der Waals surface area (Å²) in [5.41, 5.74) is -1.08. The van der Waals surface area contributed by atoms with Gasteiger partial charge in [-0.2, -0.15) is 4.72 Å². The molecule has 9 heteroatoms. The molecule has 5 rings (SSSR count). The van der Waals surface area contributed by atoms with E-state index >= 15 is 4.39 Å². The molecule has 2 N–H and O–H groups in total. The number of sulfonamides is 1. The molecule has 0 saturated carbocycles. The molecule has 1 aliphatic heterocycles. The van der Waals surface area contributed by atoms with E-state index in [0.29, 0.717) is 16.0 Å². The largest absolute Gasteiger partial charge is 0.354 e. The average molecular weight is 515 g/mol. The molecule has 4 aromatic rings. The number of thiophene rings is 1. The maximum absolute atomic E-state index is 15.4. The highest BCUT2D eigenvalue weighted by Crippen LogP contribution is 2.36. The number of hydrogen-bond donors (Lipinski definition) is 2. The molecule has 0 unspecified atom stereocenters. The third-order valence-electron chi connectivity index (χ3n) is 6.02. The summed E-state index contributed by atoms with van der Waals surface area (Å²) in [4.78, 5) is 14.9. The van der Waals surface area contributed by atoms with Gasteiger partial charge in [0, 0.05) is 26.9 Å². The molecule has 34 heavy (non-hydrogen) atoms. The van der Waals surface area contributed by atoms with Gasteiger partial charge in [0.05, 0.1) is 4.90 Å². The number of hydrogen-bond acceptors (Lipinski definition) is 4. The number of amides is 1. The first-order chi connectivity index (χ1) is 16.2. The molecule has 0 radical (unpaired) electrons. The minimum absolute atomic E-state index is 0.00401. The lowest BCUT2D eigenvalue weighted by Crippen LogP contribution is -2.51. The van der Waals surface area contributed by atoms with Crippen LogP contribution in [0.3, 0.4) is 0 Å². The normalized spacial score (nSPS) is 18.4. The van der Waals surface area contributed by atoms with Gasteiger partial charge in [-0.3, -0.25) is 4.79 Å². The predicted molar refractivity (Wildman–Crippen MR) is 133 cm³/mol. The van der Waals surface area contributed by atoms with Gasteiger partial charge in [-0.05, 0) is 72.1 Å². The van der Waals surface area contributed by atoms with Crippen LogP contribution in [0.2, 0.25) is 5.02 Å². The van der Waals surface area contributed by atoms with Gasteiger partial charge in [-0.25, -0.2) is 12.8 Å². The molecule has 2 heterocycles. The van der Waals surface area contributed by atoms with E-state index in [-0.39, 0.29) is 23.4 Å². The molecule has 0 aliphatic carbocycles. The SMILES string of the molecule is Cc1ccc(-c2ccc([C@@]3(NS(=O)(=O)c4ccc5cc(Cl)ccc5c4)CCNC3=O)c(F)c2)s1. The van der Waals surface area contributed by atoms with Crippen molar-refractivity contribution in [2.45, 2.75) is 23.8 Å². The number of nitrogens with one attached hydrogen (secondary N) is 2. The Balaban J connectivity index is 1.55. The zero-order valence-electron chi connectivity index (χ0n) is 18.1. The number of fused-ring (bicyclic) bond motifs is 1. The lowest BCUT2D eigenvalue weighted by atomic mass is 9.88. The van der Waals surface area contributed by atoms with Gasteiger partial charge >= 0.3 is 0 Å². The standard InChI is InChI=1S/C25H20ClFN2O3S2/c1-15-2-9-23(33-15)18-5-8-21(22(27)14-18)25(10-11-28-24(25)30)29-34(31,32)20-7-4-16-12-19(26)6-3-17(16)13-20/h2-9,12-14,29H,10-11H2,1H3,(H,28,30)/t25-/m0/s1. The maximum atomic E-state index is 15.4. The Labute approximate surface area is 205 Å². The number of benzene rings is 3. The first kappa shape index (κ1) is 23.0. The van der Waals surface area contributed by atoms with Crippen molar-refractivity contribution < 1.29 is 17.6 Å². The van der Waals surface area contributed by atoms with Crippen molar-refractivity contribution in [1.82, 2.24) is 10.0 Å². The van der Waals surface area contributed by atoms with Crippen molar-refractivity contribution in [2.75, 3.05) is 6.54 Å². The van der Waals surface area contributed by atoms with E-state index < -0.39 is 27.3 Å². The van der Waals surface area contributed by atoms with E-state index in [1.807, 2.05) is 19.1 Å². The van der Waals surface area contributed by atoms with E-state index in [1.54, 1.807) is 30.3 Å². The summed E-state index contributed by atoms with van der Waals surface area (Å²) in [6.07, 6.45) is 0.0859. The van der Waals surface area contributed by atoms with E-state index in [2.05, 4.69) is 10.0 Å². The van der Waals surface area contributed by atoms with Gasteiger partial charge < -0.3 is 5.32 Å². The van der Waals surface area contributed by atoms with Crippen molar-refractivity contribution in [3.63, 3.8) is 0 Å². The van der Waals surface area contributed by atoms with Crippen LogP contribution in [0, 0.1) is 12.7 Å². The number of carbonyl (C=O) groups is 1. The molecule has 0 bridgehead atoms. The second kappa shape index (κ2) is 8.46. The summed E-state index contributed by atoms with van der Waals surface area (Å²) in [5, 5.41) is 4.65. The number of rotatable bonds is 5. The summed E-state index contributed by atoms with van der Waals surface area (Å²) in [5.74, 6) is -1.22. The number of halogens is 2. The monoisotopic (exact) mass is 514 g/mol. The van der Waals surface area contributed by atoms with Crippen LogP contribution >= 0.6 is 22.9 Å². The smallest absolute Gasteiger partial charge is 0.246 e. The molecule has 1 amide bonds. The third kappa shape index (κ3) is 4.01. The highest BCUT2D eigenvalue weighted by molar-refractivity contribution is 7.89. The van der Waals surface area contributed by atoms with E-state index in [4.69, 9.17) is 11.6 Å². The Morgan fingerprint density at radius 2 is 1.79 bits per heavy atom. The zero-order valence-corrected chi connectivity index (χ0v) is 20.5. The second-order valence-corrected chi connectivity index (χ2v) is 11.7. The summed E-state index contributed by atoms with van der Waals surface area (Å²) >= 11 is 7.55. The summed E-state index contributed by atoms with van der Waals surface area (Å²) in [6.45, 7) is 2.19. The third-order valence-corrected chi connectivity index (χ3v) is 8.80. The van der Waals surface area contributed by atoms with E-state index in [1.165, 1.54) is 35.6 Å². The highest BCUT2D eigenvalue weighted by atomic mass is 35.5. The van der Waals surface area contributed by atoms with Crippen LogP contribution in [0.4, 0.5) is 4.39 Å². The molecule has 1 aromatic heterocycles. The summed E-state index contributed by atoms with van der Waals surface area (Å²) in [6, 6.07) is 18.1. The first-order valence-electron chi connectivity index (χ1n) is 10.6. The van der Waals surface area contributed by atoms with Crippen LogP contribution in [0.25, 0.3) is 21.2 Å². The molecule has 3 aromatic carbocycles. The van der Waals surface area contributed by atoms with Gasteiger partial charge in [0.15, 0.2) is 0 Å². The summed E-state index contributed by atoms with van der Waals surface area (Å²) < 4.78 is 44.7. The fraction of sp³-hybridized carbons (Fsp3) is 0.160. The molecule has 1 saturated heterocycles. The molecular weight excluding hydrogens is 495 g/mol. The van der Waals surface area contributed by atoms with Gasteiger partial charge in [0.2, 0.25) is 15.9 Å². The van der Waals surface area contributed by atoms with Crippen molar-refractivity contribution in [1.29, 1.82) is 0 Å². The predicted octanol–water partition coefficient (Wildman–Crippen LogP) is 5.36. The van der Waals surface area contributed by atoms with Crippen molar-refractivity contribution in [3.05, 3.63) is 88.0 Å². The molecule has 1 atom stereocenters. The van der Waals surface area contributed by atoms with Crippen LogP contribution in [0.5, 0.6) is 0 Å². The fourth-order valence-corrected chi connectivity index (χ4v) is 6.75. The fourth-order valence-electron chi connectivity index (χ4n) is 4.29. The second-order valence-electron chi connectivity index (χ2n) is 8.27. The Hall–Kier alpha value is -2.78. The minimum atomic E-state index is -4.17. The van der Waals surface area contributed by atoms with Gasteiger partial charge in [-0.1, -0.05) is 35.9 Å². The lowest BCUT2D eigenvalue weighted by Gasteiger charge is -2.28. The van der Waals surface area contributed by atoms with Gasteiger partial charge in [0.25, 0.3) is 0 Å². The number of aryl methyl sites for hydroxylation is 1. The van der Waals surface area contributed by atoms with Gasteiger partial charge in [-0.15, -0.1) is 11.3 Å². The summed E-state index contributed by atoms with van der Waals surface area (Å²) in [7, 11) is -4.17. The van der Waals surface area contributed by atoms with Crippen molar-refractivity contribution >= 4 is 49.6 Å². The van der Waals surface area contributed by atoms with E-state index in [9.17, 15) is 13.2 Å². The van der Waals surface area contributed by atoms with E-state index in [0.717, 1.165) is 15.1 Å². The van der Waals surface area contributed by atoms with Crippen LogP contribution in [-0.4, -0.2) is 20.9 Å². The molecule has 0 spiro atoms. The zero-order chi connectivity index (χ0) is 24.1. The first-order valence-corrected chi connectivity index (χ1v) is 13.2. The Bertz CT molecular complexity index is 1550. The van der Waals surface area contributed by atoms with Crippen LogP contribution < -0.4 is 10.0 Å². The van der Waals surface area contributed by atoms with Gasteiger partial charge in [0.1, 0.15) is 11.4 Å². The van der Waals surface area contributed by atoms with Crippen LogP contribution in [0.1, 0.15) is 16.9 Å². The van der Waals surface area contributed by atoms with Crippen molar-refractivity contribution in [3.8, 4) is 10.4 Å². The Kier molecular flexibility index (Phi) is 5.72. The Morgan fingerprint density at radius 1 is 1.03 bits per heavy atom. The molecule has 174 valence electrons. The minimum Gasteiger partial charge on any atom is -0.354 e. The average Bonchev–Trinajstić information content (AvgIpc) is 3.39. The molecule has 5 nitrogen and oxygen atoms in total. The molecule has 1 aliphatic rings. The topological polar surface area (TPSA) is 75.3 Å². The highest BCUT2D eigenvalue weighted by Gasteiger charge is 2.48. The lowest BCUT2D eigenvalue weighted by molar-refractivity contribution is -0.124. The maximum Gasteiger partial charge on any atom is 0.246 e. The quantitative estimate of drug-likeness (QED) is 0.376. The number of carbonyl (C=O) groups excluding carboxylic acids is 1. The van der Waals surface area contributed by atoms with Crippen LogP contribution in [-0.2, 0) is 20.4 Å². The molecular formula is C25H20ClFN2O3S2.